The first kappa shape index (κ1) is 16.9. The SMILES string of the molecule is O=C(Nc1ccc(-c2nc3ccccc3o2)cc1)c1coc2ccccc2c1=O. The van der Waals surface area contributed by atoms with Gasteiger partial charge in [0.1, 0.15) is 22.9 Å². The van der Waals surface area contributed by atoms with E-state index < -0.39 is 5.91 Å². The number of oxazole rings is 1. The first-order valence-corrected chi connectivity index (χ1v) is 8.97. The van der Waals surface area contributed by atoms with Crippen molar-refractivity contribution in [3.05, 3.63) is 94.8 Å². The van der Waals surface area contributed by atoms with Crippen LogP contribution in [-0.4, -0.2) is 10.9 Å². The molecule has 0 saturated carbocycles. The predicted molar refractivity (Wildman–Crippen MR) is 110 cm³/mol. The highest BCUT2D eigenvalue weighted by molar-refractivity contribution is 6.05. The van der Waals surface area contributed by atoms with Gasteiger partial charge in [-0.2, -0.15) is 0 Å². The summed E-state index contributed by atoms with van der Waals surface area (Å²) < 4.78 is 11.2. The van der Waals surface area contributed by atoms with Gasteiger partial charge >= 0.3 is 0 Å². The van der Waals surface area contributed by atoms with Crippen LogP contribution >= 0.6 is 0 Å². The molecule has 2 heterocycles. The molecule has 29 heavy (non-hydrogen) atoms. The van der Waals surface area contributed by atoms with Crippen LogP contribution in [0.15, 0.2) is 92.7 Å². The number of para-hydroxylation sites is 3. The molecule has 5 rings (SSSR count). The van der Waals surface area contributed by atoms with Crippen molar-refractivity contribution in [3.63, 3.8) is 0 Å². The number of fused-ring (bicyclic) bond motifs is 2. The Morgan fingerprint density at radius 1 is 0.862 bits per heavy atom. The van der Waals surface area contributed by atoms with Gasteiger partial charge in [-0.3, -0.25) is 9.59 Å². The average Bonchev–Trinajstić information content (AvgIpc) is 3.19. The summed E-state index contributed by atoms with van der Waals surface area (Å²) in [6.45, 7) is 0. The van der Waals surface area contributed by atoms with Crippen molar-refractivity contribution in [1.29, 1.82) is 0 Å². The average molecular weight is 382 g/mol. The zero-order chi connectivity index (χ0) is 19.8. The summed E-state index contributed by atoms with van der Waals surface area (Å²) in [5, 5.41) is 3.09. The van der Waals surface area contributed by atoms with E-state index in [0.29, 0.717) is 28.1 Å². The predicted octanol–water partition coefficient (Wildman–Crippen LogP) is 4.85. The smallest absolute Gasteiger partial charge is 0.262 e. The molecular formula is C23H14N2O4. The minimum Gasteiger partial charge on any atom is -0.463 e. The molecular weight excluding hydrogens is 368 g/mol. The molecule has 5 aromatic rings. The highest BCUT2D eigenvalue weighted by atomic mass is 16.3. The topological polar surface area (TPSA) is 85.3 Å². The van der Waals surface area contributed by atoms with Gasteiger partial charge in [0.15, 0.2) is 5.58 Å². The van der Waals surface area contributed by atoms with E-state index in [1.807, 2.05) is 24.3 Å². The third-order valence-electron chi connectivity index (χ3n) is 4.61. The van der Waals surface area contributed by atoms with E-state index in [9.17, 15) is 9.59 Å². The second kappa shape index (κ2) is 6.76. The first-order valence-electron chi connectivity index (χ1n) is 8.97. The molecule has 0 aliphatic heterocycles. The first-order chi connectivity index (χ1) is 14.2. The molecule has 0 spiro atoms. The molecule has 0 bridgehead atoms. The maximum absolute atomic E-state index is 12.5. The van der Waals surface area contributed by atoms with Gasteiger partial charge in [0, 0.05) is 11.3 Å². The molecule has 0 unspecified atom stereocenters. The molecule has 2 aromatic heterocycles. The van der Waals surface area contributed by atoms with Crippen LogP contribution in [0.4, 0.5) is 5.69 Å². The summed E-state index contributed by atoms with van der Waals surface area (Å²) >= 11 is 0. The van der Waals surface area contributed by atoms with Crippen LogP contribution < -0.4 is 10.7 Å². The molecule has 0 fully saturated rings. The molecule has 0 aliphatic carbocycles. The lowest BCUT2D eigenvalue weighted by atomic mass is 10.1. The molecule has 0 radical (unpaired) electrons. The third kappa shape index (κ3) is 3.06. The lowest BCUT2D eigenvalue weighted by Gasteiger charge is -2.06. The van der Waals surface area contributed by atoms with Crippen LogP contribution in [0, 0.1) is 0 Å². The fraction of sp³-hybridized carbons (Fsp3) is 0. The minimum absolute atomic E-state index is 0.0493. The van der Waals surface area contributed by atoms with Gasteiger partial charge in [0.2, 0.25) is 11.3 Å². The summed E-state index contributed by atoms with van der Waals surface area (Å²) in [6, 6.07) is 21.4. The summed E-state index contributed by atoms with van der Waals surface area (Å²) in [6.07, 6.45) is 1.19. The van der Waals surface area contributed by atoms with Gasteiger partial charge in [-0.25, -0.2) is 4.98 Å². The number of aromatic nitrogens is 1. The Balaban J connectivity index is 1.40. The summed E-state index contributed by atoms with van der Waals surface area (Å²) in [5.41, 5.74) is 2.84. The van der Waals surface area contributed by atoms with Crippen molar-refractivity contribution >= 4 is 33.7 Å². The highest BCUT2D eigenvalue weighted by Crippen LogP contribution is 2.25. The van der Waals surface area contributed by atoms with Crippen molar-refractivity contribution in [1.82, 2.24) is 4.98 Å². The van der Waals surface area contributed by atoms with E-state index in [0.717, 1.165) is 11.1 Å². The molecule has 3 aromatic carbocycles. The monoisotopic (exact) mass is 382 g/mol. The van der Waals surface area contributed by atoms with Gasteiger partial charge in [-0.05, 0) is 48.5 Å². The maximum atomic E-state index is 12.5. The number of benzene rings is 3. The fourth-order valence-electron chi connectivity index (χ4n) is 3.12. The summed E-state index contributed by atoms with van der Waals surface area (Å²) in [5.74, 6) is -0.0293. The van der Waals surface area contributed by atoms with Gasteiger partial charge in [-0.15, -0.1) is 0 Å². The van der Waals surface area contributed by atoms with E-state index in [4.69, 9.17) is 8.83 Å². The number of nitrogens with one attached hydrogen (secondary N) is 1. The Morgan fingerprint density at radius 3 is 2.38 bits per heavy atom. The molecule has 0 aliphatic rings. The molecule has 140 valence electrons. The van der Waals surface area contributed by atoms with Crippen LogP contribution in [0.1, 0.15) is 10.4 Å². The normalized spacial score (nSPS) is 11.0. The fourth-order valence-corrected chi connectivity index (χ4v) is 3.12. The third-order valence-corrected chi connectivity index (χ3v) is 4.61. The Morgan fingerprint density at radius 2 is 1.59 bits per heavy atom. The van der Waals surface area contributed by atoms with E-state index in [2.05, 4.69) is 10.3 Å². The van der Waals surface area contributed by atoms with E-state index >= 15 is 0 Å². The Hall–Kier alpha value is -4.19. The van der Waals surface area contributed by atoms with Gasteiger partial charge in [0.05, 0.1) is 5.39 Å². The molecule has 0 saturated heterocycles. The van der Waals surface area contributed by atoms with Crippen molar-refractivity contribution in [2.75, 3.05) is 5.32 Å². The molecule has 1 amide bonds. The lowest BCUT2D eigenvalue weighted by molar-refractivity contribution is 0.102. The molecule has 1 N–H and O–H groups in total. The summed E-state index contributed by atoms with van der Waals surface area (Å²) in [7, 11) is 0. The van der Waals surface area contributed by atoms with Crippen LogP contribution in [0.25, 0.3) is 33.5 Å². The molecule has 0 atom stereocenters. The summed E-state index contributed by atoms with van der Waals surface area (Å²) in [4.78, 5) is 29.5. The van der Waals surface area contributed by atoms with Crippen LogP contribution in [-0.2, 0) is 0 Å². The van der Waals surface area contributed by atoms with Crippen LogP contribution in [0.5, 0.6) is 0 Å². The van der Waals surface area contributed by atoms with E-state index in [1.165, 1.54) is 6.26 Å². The Kier molecular flexibility index (Phi) is 3.95. The number of hydrogen-bond acceptors (Lipinski definition) is 5. The largest absolute Gasteiger partial charge is 0.463 e. The maximum Gasteiger partial charge on any atom is 0.262 e. The Labute approximate surface area is 164 Å². The van der Waals surface area contributed by atoms with Crippen LogP contribution in [0.3, 0.4) is 0 Å². The lowest BCUT2D eigenvalue weighted by Crippen LogP contribution is -2.21. The van der Waals surface area contributed by atoms with Crippen molar-refractivity contribution < 1.29 is 13.6 Å². The second-order valence-electron chi connectivity index (χ2n) is 6.49. The molecule has 6 heteroatoms. The highest BCUT2D eigenvalue weighted by Gasteiger charge is 2.15. The van der Waals surface area contributed by atoms with Crippen molar-refractivity contribution in [2.45, 2.75) is 0 Å². The number of nitrogens with zero attached hydrogens (tertiary/aromatic N) is 1. The standard InChI is InChI=1S/C23H14N2O4/c26-21-16-5-1-3-7-19(16)28-13-17(21)22(27)24-15-11-9-14(10-12-15)23-25-18-6-2-4-8-20(18)29-23/h1-13H,(H,24,27). The number of amides is 1. The minimum atomic E-state index is -0.529. The zero-order valence-electron chi connectivity index (χ0n) is 15.1. The Bertz CT molecular complexity index is 1380. The van der Waals surface area contributed by atoms with Crippen molar-refractivity contribution in [3.8, 4) is 11.5 Å². The van der Waals surface area contributed by atoms with Gasteiger partial charge in [-0.1, -0.05) is 24.3 Å². The van der Waals surface area contributed by atoms with Crippen molar-refractivity contribution in [2.24, 2.45) is 0 Å². The zero-order valence-corrected chi connectivity index (χ0v) is 15.1. The van der Waals surface area contributed by atoms with Gasteiger partial charge in [0.25, 0.3) is 5.91 Å². The number of carbonyl (C=O) groups excluding carboxylic acids is 1. The number of hydrogen-bond donors (Lipinski definition) is 1. The number of carbonyl (C=O) groups is 1. The van der Waals surface area contributed by atoms with E-state index in [-0.39, 0.29) is 11.0 Å². The van der Waals surface area contributed by atoms with Gasteiger partial charge < -0.3 is 14.2 Å². The quantitative estimate of drug-likeness (QED) is 0.482. The van der Waals surface area contributed by atoms with Crippen LogP contribution in [0.2, 0.25) is 0 Å². The van der Waals surface area contributed by atoms with E-state index in [1.54, 1.807) is 48.5 Å². The second-order valence-corrected chi connectivity index (χ2v) is 6.49. The number of anilines is 1. The molecule has 6 nitrogen and oxygen atoms in total. The number of rotatable bonds is 3.